The second-order valence-corrected chi connectivity index (χ2v) is 5.62. The molecular weight excluding hydrogens is 293 g/mol. The number of ether oxygens (including phenoxy) is 1. The molecule has 1 aromatic carbocycles. The van der Waals surface area contributed by atoms with Gasteiger partial charge in [0.25, 0.3) is 5.91 Å². The summed E-state index contributed by atoms with van der Waals surface area (Å²) in [6.07, 6.45) is 0. The number of amides is 1. The molecule has 0 aliphatic heterocycles. The van der Waals surface area contributed by atoms with Gasteiger partial charge in [-0.3, -0.25) is 4.79 Å². The summed E-state index contributed by atoms with van der Waals surface area (Å²) in [6.45, 7) is 2.72. The van der Waals surface area contributed by atoms with Crippen molar-refractivity contribution in [1.29, 1.82) is 0 Å². The van der Waals surface area contributed by atoms with Gasteiger partial charge in [0, 0.05) is 18.4 Å². The Morgan fingerprint density at radius 3 is 2.83 bits per heavy atom. The standard InChI is InChI=1S/C12H15Cl2NO2S/c1-2-18-6-5-15-12(16)8-17-9-3-4-10(13)11(14)7-9/h3-4,7H,2,5-6,8H2,1H3,(H,15,16). The lowest BCUT2D eigenvalue weighted by atomic mass is 10.3. The summed E-state index contributed by atoms with van der Waals surface area (Å²) in [5, 5.41) is 3.64. The van der Waals surface area contributed by atoms with Gasteiger partial charge in [0.15, 0.2) is 6.61 Å². The summed E-state index contributed by atoms with van der Waals surface area (Å²) in [5.74, 6) is 2.35. The Balaban J connectivity index is 2.27. The Bertz CT molecular complexity index is 402. The zero-order valence-corrected chi connectivity index (χ0v) is 12.4. The van der Waals surface area contributed by atoms with Crippen LogP contribution in [0.1, 0.15) is 6.92 Å². The highest BCUT2D eigenvalue weighted by Crippen LogP contribution is 2.26. The molecular formula is C12H15Cl2NO2S. The van der Waals surface area contributed by atoms with E-state index in [0.29, 0.717) is 22.3 Å². The molecule has 3 nitrogen and oxygen atoms in total. The molecule has 100 valence electrons. The Kier molecular flexibility index (Phi) is 7.32. The molecule has 0 aliphatic carbocycles. The van der Waals surface area contributed by atoms with Crippen molar-refractivity contribution in [2.45, 2.75) is 6.92 Å². The van der Waals surface area contributed by atoms with E-state index in [9.17, 15) is 4.79 Å². The van der Waals surface area contributed by atoms with Crippen LogP contribution in [0.3, 0.4) is 0 Å². The Labute approximate surface area is 121 Å². The van der Waals surface area contributed by atoms with Crippen LogP contribution in [0.2, 0.25) is 10.0 Å². The second kappa shape index (κ2) is 8.51. The molecule has 1 N–H and O–H groups in total. The molecule has 0 spiro atoms. The molecule has 1 amide bonds. The van der Waals surface area contributed by atoms with E-state index in [0.717, 1.165) is 11.5 Å². The predicted octanol–water partition coefficient (Wildman–Crippen LogP) is 3.24. The van der Waals surface area contributed by atoms with Crippen LogP contribution in [0.4, 0.5) is 0 Å². The number of hydrogen-bond donors (Lipinski definition) is 1. The van der Waals surface area contributed by atoms with Gasteiger partial charge in [-0.15, -0.1) is 0 Å². The molecule has 6 heteroatoms. The van der Waals surface area contributed by atoms with E-state index >= 15 is 0 Å². The molecule has 0 aliphatic rings. The number of hydrogen-bond acceptors (Lipinski definition) is 3. The first-order chi connectivity index (χ1) is 8.63. The van der Waals surface area contributed by atoms with Crippen LogP contribution in [-0.2, 0) is 4.79 Å². The van der Waals surface area contributed by atoms with Gasteiger partial charge in [-0.05, 0) is 17.9 Å². The molecule has 0 unspecified atom stereocenters. The first-order valence-electron chi connectivity index (χ1n) is 5.55. The molecule has 0 atom stereocenters. The zero-order chi connectivity index (χ0) is 13.4. The summed E-state index contributed by atoms with van der Waals surface area (Å²) < 4.78 is 5.30. The van der Waals surface area contributed by atoms with E-state index < -0.39 is 0 Å². The van der Waals surface area contributed by atoms with Crippen molar-refractivity contribution in [2.24, 2.45) is 0 Å². The summed E-state index contributed by atoms with van der Waals surface area (Å²) in [4.78, 5) is 11.4. The van der Waals surface area contributed by atoms with Gasteiger partial charge in [0.2, 0.25) is 0 Å². The normalized spacial score (nSPS) is 10.2. The topological polar surface area (TPSA) is 38.3 Å². The van der Waals surface area contributed by atoms with Crippen molar-refractivity contribution in [3.63, 3.8) is 0 Å². The Morgan fingerprint density at radius 1 is 1.39 bits per heavy atom. The van der Waals surface area contributed by atoms with Crippen molar-refractivity contribution in [1.82, 2.24) is 5.32 Å². The highest BCUT2D eigenvalue weighted by Gasteiger charge is 2.04. The van der Waals surface area contributed by atoms with E-state index in [1.54, 1.807) is 30.0 Å². The Morgan fingerprint density at radius 2 is 2.17 bits per heavy atom. The SMILES string of the molecule is CCSCCNC(=O)COc1ccc(Cl)c(Cl)c1. The molecule has 0 heterocycles. The smallest absolute Gasteiger partial charge is 0.257 e. The molecule has 0 radical (unpaired) electrons. The number of carbonyl (C=O) groups excluding carboxylic acids is 1. The minimum atomic E-state index is -0.141. The van der Waals surface area contributed by atoms with Gasteiger partial charge < -0.3 is 10.1 Å². The third-order valence-electron chi connectivity index (χ3n) is 2.03. The number of thioether (sulfide) groups is 1. The summed E-state index contributed by atoms with van der Waals surface area (Å²) in [6, 6.07) is 4.90. The summed E-state index contributed by atoms with van der Waals surface area (Å²) in [7, 11) is 0. The maximum absolute atomic E-state index is 11.4. The van der Waals surface area contributed by atoms with Crippen molar-refractivity contribution in [3.05, 3.63) is 28.2 Å². The van der Waals surface area contributed by atoms with E-state index in [4.69, 9.17) is 27.9 Å². The highest BCUT2D eigenvalue weighted by molar-refractivity contribution is 7.99. The van der Waals surface area contributed by atoms with Crippen LogP contribution in [0.15, 0.2) is 18.2 Å². The number of nitrogens with one attached hydrogen (secondary N) is 1. The van der Waals surface area contributed by atoms with E-state index in [-0.39, 0.29) is 12.5 Å². The lowest BCUT2D eigenvalue weighted by Gasteiger charge is -2.07. The molecule has 1 aromatic rings. The number of rotatable bonds is 7. The van der Waals surface area contributed by atoms with Gasteiger partial charge in [-0.25, -0.2) is 0 Å². The third-order valence-corrected chi connectivity index (χ3v) is 3.67. The lowest BCUT2D eigenvalue weighted by molar-refractivity contribution is -0.122. The molecule has 0 aromatic heterocycles. The van der Waals surface area contributed by atoms with Gasteiger partial charge in [0.05, 0.1) is 10.0 Å². The average Bonchev–Trinajstić information content (AvgIpc) is 2.36. The van der Waals surface area contributed by atoms with Gasteiger partial charge in [-0.1, -0.05) is 30.1 Å². The molecule has 0 bridgehead atoms. The fourth-order valence-corrected chi connectivity index (χ4v) is 2.00. The van der Waals surface area contributed by atoms with E-state index in [2.05, 4.69) is 12.2 Å². The van der Waals surface area contributed by atoms with Gasteiger partial charge >= 0.3 is 0 Å². The minimum absolute atomic E-state index is 0.0191. The van der Waals surface area contributed by atoms with Crippen LogP contribution < -0.4 is 10.1 Å². The highest BCUT2D eigenvalue weighted by atomic mass is 35.5. The molecule has 18 heavy (non-hydrogen) atoms. The minimum Gasteiger partial charge on any atom is -0.484 e. The van der Waals surface area contributed by atoms with E-state index in [1.165, 1.54) is 0 Å². The van der Waals surface area contributed by atoms with Crippen molar-refractivity contribution < 1.29 is 9.53 Å². The summed E-state index contributed by atoms with van der Waals surface area (Å²) >= 11 is 13.4. The van der Waals surface area contributed by atoms with Crippen molar-refractivity contribution >= 4 is 40.9 Å². The lowest BCUT2D eigenvalue weighted by Crippen LogP contribution is -2.30. The quantitative estimate of drug-likeness (QED) is 0.786. The number of halogens is 2. The molecule has 0 fully saturated rings. The Hall–Kier alpha value is -0.580. The zero-order valence-electron chi connectivity index (χ0n) is 10.0. The maximum atomic E-state index is 11.4. The van der Waals surface area contributed by atoms with Crippen LogP contribution in [-0.4, -0.2) is 30.6 Å². The van der Waals surface area contributed by atoms with Gasteiger partial charge in [-0.2, -0.15) is 11.8 Å². The van der Waals surface area contributed by atoms with Crippen LogP contribution >= 0.6 is 35.0 Å². The second-order valence-electron chi connectivity index (χ2n) is 3.41. The molecule has 1 rings (SSSR count). The van der Waals surface area contributed by atoms with Crippen LogP contribution in [0, 0.1) is 0 Å². The van der Waals surface area contributed by atoms with Crippen molar-refractivity contribution in [3.8, 4) is 5.75 Å². The van der Waals surface area contributed by atoms with Crippen LogP contribution in [0.5, 0.6) is 5.75 Å². The summed E-state index contributed by atoms with van der Waals surface area (Å²) in [5.41, 5.74) is 0. The van der Waals surface area contributed by atoms with E-state index in [1.807, 2.05) is 0 Å². The number of benzene rings is 1. The fourth-order valence-electron chi connectivity index (χ4n) is 1.17. The monoisotopic (exact) mass is 307 g/mol. The predicted molar refractivity (Wildman–Crippen MR) is 78.0 cm³/mol. The third kappa shape index (κ3) is 5.85. The fraction of sp³-hybridized carbons (Fsp3) is 0.417. The molecule has 0 saturated heterocycles. The maximum Gasteiger partial charge on any atom is 0.257 e. The largest absolute Gasteiger partial charge is 0.484 e. The van der Waals surface area contributed by atoms with Gasteiger partial charge in [0.1, 0.15) is 5.75 Å². The van der Waals surface area contributed by atoms with Crippen LogP contribution in [0.25, 0.3) is 0 Å². The first-order valence-corrected chi connectivity index (χ1v) is 7.47. The molecule has 0 saturated carbocycles. The first kappa shape index (κ1) is 15.5. The average molecular weight is 308 g/mol. The van der Waals surface area contributed by atoms with Crippen molar-refractivity contribution in [2.75, 3.05) is 24.7 Å². The number of carbonyl (C=O) groups is 1.